The Morgan fingerprint density at radius 2 is 1.67 bits per heavy atom. The van der Waals surface area contributed by atoms with Crippen molar-refractivity contribution in [2.45, 2.75) is 70.9 Å². The monoisotopic (exact) mass is 696 g/mol. The maximum Gasteiger partial charge on any atom is 0.435 e. The number of halogens is 3. The highest BCUT2D eigenvalue weighted by Gasteiger charge is 2.35. The van der Waals surface area contributed by atoms with Crippen molar-refractivity contribution < 1.29 is 50.5 Å². The molecule has 0 spiro atoms. The number of sulfonamides is 1. The van der Waals surface area contributed by atoms with Gasteiger partial charge in [0.25, 0.3) is 16.3 Å². The van der Waals surface area contributed by atoms with E-state index in [1.54, 1.807) is 45.0 Å². The van der Waals surface area contributed by atoms with Gasteiger partial charge in [0.05, 0.1) is 39.8 Å². The minimum Gasteiger partial charge on any atom is -0.569 e. The number of amides is 1. The molecule has 2 aromatic carbocycles. The standard InChI is InChI=1S/C30H35F3N6O8S/c1-19-6-8-21(9-7-19)25-18-26(30(31,32)33)34-38(25)22-10-12-24(13-11-22)48(43,44)35-28(41)46-23-14-16-37(17-15-23)39(42)36-47-20(2)45-27(40)29(3,4)5/h6-13,18,20,23H,14-17H2,1-5H3,(H,35,41)/b39-36+. The summed E-state index contributed by atoms with van der Waals surface area (Å²) in [5.41, 5.74) is -0.222. The lowest BCUT2D eigenvalue weighted by molar-refractivity contribution is -0.715. The molecule has 3 aromatic rings. The van der Waals surface area contributed by atoms with Crippen molar-refractivity contribution in [2.24, 2.45) is 10.7 Å². The van der Waals surface area contributed by atoms with E-state index in [2.05, 4.69) is 10.4 Å². The number of hydrogen-bond acceptors (Lipinski definition) is 10. The minimum absolute atomic E-state index is 0.0900. The van der Waals surface area contributed by atoms with Gasteiger partial charge >= 0.3 is 18.2 Å². The van der Waals surface area contributed by atoms with Gasteiger partial charge in [-0.3, -0.25) is 9.63 Å². The minimum atomic E-state index is -4.71. The number of alkyl halides is 3. The van der Waals surface area contributed by atoms with Gasteiger partial charge in [-0.1, -0.05) is 29.8 Å². The summed E-state index contributed by atoms with van der Waals surface area (Å²) in [5, 5.41) is 20.6. The zero-order chi connectivity index (χ0) is 35.4. The fourth-order valence-electron chi connectivity index (χ4n) is 4.40. The van der Waals surface area contributed by atoms with Gasteiger partial charge in [0.15, 0.2) is 5.69 Å². The van der Waals surface area contributed by atoms with Crippen molar-refractivity contribution in [2.75, 3.05) is 13.1 Å². The van der Waals surface area contributed by atoms with Crippen LogP contribution in [-0.2, 0) is 35.3 Å². The summed E-state index contributed by atoms with van der Waals surface area (Å²) in [7, 11) is -4.42. The molecule has 2 heterocycles. The van der Waals surface area contributed by atoms with Gasteiger partial charge in [-0.15, -0.1) is 5.01 Å². The molecule has 1 unspecified atom stereocenters. The Labute approximate surface area is 274 Å². The van der Waals surface area contributed by atoms with Crippen LogP contribution in [0.2, 0.25) is 0 Å². The Bertz CT molecular complexity index is 1750. The van der Waals surface area contributed by atoms with Crippen molar-refractivity contribution in [3.63, 3.8) is 0 Å². The van der Waals surface area contributed by atoms with E-state index in [-0.39, 0.29) is 47.2 Å². The highest BCUT2D eigenvalue weighted by molar-refractivity contribution is 7.90. The van der Waals surface area contributed by atoms with Crippen LogP contribution in [-0.4, -0.2) is 65.7 Å². The van der Waals surface area contributed by atoms with Crippen LogP contribution in [0.5, 0.6) is 0 Å². The Morgan fingerprint density at radius 3 is 2.23 bits per heavy atom. The van der Waals surface area contributed by atoms with Gasteiger partial charge in [-0.25, -0.2) is 22.6 Å². The van der Waals surface area contributed by atoms with Gasteiger partial charge in [0, 0.05) is 25.3 Å². The number of ether oxygens (including phenoxy) is 2. The molecule has 4 rings (SSSR count). The molecule has 0 radical (unpaired) electrons. The number of hydrogen-bond donors (Lipinski definition) is 1. The maximum absolute atomic E-state index is 13.5. The van der Waals surface area contributed by atoms with Crippen molar-refractivity contribution in [1.29, 1.82) is 0 Å². The Hall–Kier alpha value is -4.87. The Kier molecular flexibility index (Phi) is 10.6. The maximum atomic E-state index is 13.5. The van der Waals surface area contributed by atoms with Crippen molar-refractivity contribution in [3.05, 3.63) is 71.1 Å². The summed E-state index contributed by atoms with van der Waals surface area (Å²) < 4.78 is 79.5. The molecule has 18 heteroatoms. The molecule has 48 heavy (non-hydrogen) atoms. The number of aromatic nitrogens is 2. The second-order valence-electron chi connectivity index (χ2n) is 12.0. The second kappa shape index (κ2) is 14.1. The summed E-state index contributed by atoms with van der Waals surface area (Å²) in [6.07, 6.45) is -7.46. The number of nitrogens with one attached hydrogen (secondary N) is 1. The van der Waals surface area contributed by atoms with Gasteiger partial charge in [0.2, 0.25) is 5.28 Å². The number of benzene rings is 2. The molecular formula is C30H35F3N6O8S. The van der Waals surface area contributed by atoms with Crippen LogP contribution >= 0.6 is 0 Å². The largest absolute Gasteiger partial charge is 0.569 e. The molecule has 1 aromatic heterocycles. The van der Waals surface area contributed by atoms with E-state index in [4.69, 9.17) is 14.3 Å². The molecule has 1 fully saturated rings. The van der Waals surface area contributed by atoms with Gasteiger partial charge in [0.1, 0.15) is 6.10 Å². The molecule has 1 aliphatic rings. The first-order valence-electron chi connectivity index (χ1n) is 14.7. The predicted molar refractivity (Wildman–Crippen MR) is 162 cm³/mol. The number of nitrogens with zero attached hydrogens (tertiary/aromatic N) is 5. The van der Waals surface area contributed by atoms with E-state index in [1.807, 2.05) is 11.6 Å². The van der Waals surface area contributed by atoms with Crippen LogP contribution in [0.15, 0.2) is 64.8 Å². The molecular weight excluding hydrogens is 661 g/mol. The molecule has 1 N–H and O–H groups in total. The summed E-state index contributed by atoms with van der Waals surface area (Å²) in [4.78, 5) is 29.1. The van der Waals surface area contributed by atoms with Gasteiger partial charge < -0.3 is 14.7 Å². The SMILES string of the molecule is Cc1ccc(-c2cc(C(F)(F)F)nn2-c2ccc(S(=O)(=O)NC(=O)OC3CCN(/[N+]([O-])=N\OC(C)OC(=O)C(C)(C)C)CC3)cc2)cc1. The zero-order valence-electron chi connectivity index (χ0n) is 26.7. The number of hydrazine groups is 1. The van der Waals surface area contributed by atoms with Gasteiger partial charge in [-0.2, -0.15) is 18.3 Å². The fraction of sp³-hybridized carbons (Fsp3) is 0.433. The third-order valence-corrected chi connectivity index (χ3v) is 8.37. The van der Waals surface area contributed by atoms with E-state index >= 15 is 0 Å². The first-order chi connectivity index (χ1) is 22.3. The lowest BCUT2D eigenvalue weighted by Gasteiger charge is -2.28. The molecule has 1 atom stereocenters. The molecule has 0 bridgehead atoms. The van der Waals surface area contributed by atoms with Crippen LogP contribution in [0.4, 0.5) is 18.0 Å². The second-order valence-corrected chi connectivity index (χ2v) is 13.7. The highest BCUT2D eigenvalue weighted by Crippen LogP contribution is 2.33. The number of piperidine rings is 1. The van der Waals surface area contributed by atoms with Crippen molar-refractivity contribution in [1.82, 2.24) is 19.5 Å². The van der Waals surface area contributed by atoms with Gasteiger partial charge in [-0.05, 0) is 58.0 Å². The van der Waals surface area contributed by atoms with Crippen LogP contribution in [0.25, 0.3) is 16.9 Å². The number of rotatable bonds is 9. The molecule has 1 aliphatic heterocycles. The number of carbonyl (C=O) groups excluding carboxylic acids is 2. The topological polar surface area (TPSA) is 167 Å². The molecule has 0 aliphatic carbocycles. The van der Waals surface area contributed by atoms with E-state index in [0.717, 1.165) is 28.4 Å². The lowest BCUT2D eigenvalue weighted by atomic mass is 9.97. The number of carbonyl (C=O) groups is 2. The molecule has 1 amide bonds. The number of esters is 1. The Balaban J connectivity index is 1.34. The smallest absolute Gasteiger partial charge is 0.435 e. The fourth-order valence-corrected chi connectivity index (χ4v) is 5.28. The number of aryl methyl sites for hydroxylation is 1. The first kappa shape index (κ1) is 36.0. The van der Waals surface area contributed by atoms with Crippen LogP contribution < -0.4 is 4.72 Å². The lowest BCUT2D eigenvalue weighted by Crippen LogP contribution is -2.43. The van der Waals surface area contributed by atoms with Crippen molar-refractivity contribution >= 4 is 22.1 Å². The molecule has 14 nitrogen and oxygen atoms in total. The quantitative estimate of drug-likeness (QED) is 0.0993. The molecule has 1 saturated heterocycles. The normalized spacial score (nSPS) is 15.5. The molecule has 260 valence electrons. The van der Waals surface area contributed by atoms with E-state index in [0.29, 0.717) is 5.56 Å². The molecule has 0 saturated carbocycles. The van der Waals surface area contributed by atoms with Crippen LogP contribution in [0, 0.1) is 17.5 Å². The van der Waals surface area contributed by atoms with E-state index in [1.165, 1.54) is 24.1 Å². The van der Waals surface area contributed by atoms with Crippen molar-refractivity contribution in [3.8, 4) is 16.9 Å². The third-order valence-electron chi connectivity index (χ3n) is 7.04. The Morgan fingerprint density at radius 1 is 1.06 bits per heavy atom. The predicted octanol–water partition coefficient (Wildman–Crippen LogP) is 5.49. The zero-order valence-corrected chi connectivity index (χ0v) is 27.5. The summed E-state index contributed by atoms with van der Waals surface area (Å²) in [5.74, 6) is -0.539. The first-order valence-corrected chi connectivity index (χ1v) is 16.2. The summed E-state index contributed by atoms with van der Waals surface area (Å²) in [6, 6.07) is 12.5. The third kappa shape index (κ3) is 9.14. The van der Waals surface area contributed by atoms with Crippen LogP contribution in [0.3, 0.4) is 0 Å². The summed E-state index contributed by atoms with van der Waals surface area (Å²) in [6.45, 7) is 8.39. The van der Waals surface area contributed by atoms with Crippen LogP contribution in [0.1, 0.15) is 51.8 Å². The average molecular weight is 697 g/mol. The van der Waals surface area contributed by atoms with E-state index in [9.17, 15) is 36.4 Å². The average Bonchev–Trinajstić information content (AvgIpc) is 3.46. The highest BCUT2D eigenvalue weighted by atomic mass is 32.2. The van der Waals surface area contributed by atoms with E-state index < -0.39 is 51.8 Å². The summed E-state index contributed by atoms with van der Waals surface area (Å²) >= 11 is 0.